The van der Waals surface area contributed by atoms with Gasteiger partial charge in [-0.3, -0.25) is 10.2 Å². The van der Waals surface area contributed by atoms with E-state index in [1.807, 2.05) is 12.1 Å². The van der Waals surface area contributed by atoms with E-state index in [0.29, 0.717) is 10.7 Å². The van der Waals surface area contributed by atoms with Crippen LogP contribution in [0.4, 0.5) is 5.69 Å². The van der Waals surface area contributed by atoms with Crippen molar-refractivity contribution in [2.45, 2.75) is 25.1 Å². The molecule has 2 heterocycles. The second-order valence-corrected chi connectivity index (χ2v) is 6.25. The molecule has 2 N–H and O–H groups in total. The van der Waals surface area contributed by atoms with Gasteiger partial charge in [-0.15, -0.1) is 0 Å². The highest BCUT2D eigenvalue weighted by Crippen LogP contribution is 2.33. The number of allylic oxidation sites excluding steroid dienone is 1. The van der Waals surface area contributed by atoms with Gasteiger partial charge in [0.2, 0.25) is 11.7 Å². The van der Waals surface area contributed by atoms with Crippen LogP contribution in [0, 0.1) is 22.7 Å². The Morgan fingerprint density at radius 2 is 1.92 bits per heavy atom. The van der Waals surface area contributed by atoms with Gasteiger partial charge >= 0.3 is 0 Å². The molecule has 3 rings (SSSR count). The van der Waals surface area contributed by atoms with Gasteiger partial charge in [-0.1, -0.05) is 11.6 Å². The number of anilines is 1. The van der Waals surface area contributed by atoms with Crippen molar-refractivity contribution in [3.8, 4) is 12.1 Å². The number of benzene rings is 1. The second kappa shape index (κ2) is 7.11. The Morgan fingerprint density at radius 1 is 1.21 bits per heavy atom. The van der Waals surface area contributed by atoms with Crippen molar-refractivity contribution in [3.05, 3.63) is 40.7 Å². The zero-order chi connectivity index (χ0) is 17.0. The van der Waals surface area contributed by atoms with E-state index in [2.05, 4.69) is 15.5 Å². The van der Waals surface area contributed by atoms with E-state index in [0.717, 1.165) is 38.9 Å². The molecule has 7 heteroatoms. The van der Waals surface area contributed by atoms with E-state index >= 15 is 0 Å². The van der Waals surface area contributed by atoms with Gasteiger partial charge in [-0.25, -0.2) is 0 Å². The number of halogens is 1. The third kappa shape index (κ3) is 3.32. The number of rotatable bonds is 4. The lowest BCUT2D eigenvalue weighted by Gasteiger charge is -2.43. The molecule has 0 saturated carbocycles. The Bertz CT molecular complexity index is 702. The van der Waals surface area contributed by atoms with E-state index in [1.165, 1.54) is 0 Å². The summed E-state index contributed by atoms with van der Waals surface area (Å²) in [6, 6.07) is 10.8. The molecule has 1 aromatic carbocycles. The van der Waals surface area contributed by atoms with Crippen LogP contribution >= 0.6 is 11.6 Å². The molecule has 1 aromatic rings. The topological polar surface area (TPSA) is 84.1 Å². The summed E-state index contributed by atoms with van der Waals surface area (Å²) >= 11 is 5.90. The maximum Gasteiger partial charge on any atom is 0.223 e. The molecule has 0 aliphatic carbocycles. The van der Waals surface area contributed by atoms with Crippen LogP contribution in [0.1, 0.15) is 19.3 Å². The van der Waals surface area contributed by atoms with Gasteiger partial charge in [-0.05, 0) is 37.1 Å². The SMILES string of the molecule is N#CC(C#N)=C(Nc1ccc(Cl)cc1)O[C@@]12CCCN1CCCN2. The zero-order valence-corrected chi connectivity index (χ0v) is 13.9. The highest BCUT2D eigenvalue weighted by Gasteiger charge is 2.45. The Kier molecular flexibility index (Phi) is 4.92. The second-order valence-electron chi connectivity index (χ2n) is 5.82. The highest BCUT2D eigenvalue weighted by atomic mass is 35.5. The quantitative estimate of drug-likeness (QED) is 0.646. The minimum atomic E-state index is -0.647. The number of hydrogen-bond donors (Lipinski definition) is 2. The van der Waals surface area contributed by atoms with Crippen molar-refractivity contribution >= 4 is 17.3 Å². The Balaban J connectivity index is 1.89. The lowest BCUT2D eigenvalue weighted by atomic mass is 10.2. The molecule has 24 heavy (non-hydrogen) atoms. The smallest absolute Gasteiger partial charge is 0.223 e. The maximum absolute atomic E-state index is 9.28. The first-order valence-electron chi connectivity index (χ1n) is 7.93. The van der Waals surface area contributed by atoms with Crippen molar-refractivity contribution in [1.29, 1.82) is 10.5 Å². The van der Waals surface area contributed by atoms with Gasteiger partial charge in [-0.2, -0.15) is 10.5 Å². The fourth-order valence-corrected chi connectivity index (χ4v) is 3.27. The van der Waals surface area contributed by atoms with Gasteiger partial charge in [0.15, 0.2) is 5.57 Å². The van der Waals surface area contributed by atoms with E-state index in [-0.39, 0.29) is 11.5 Å². The summed E-state index contributed by atoms with van der Waals surface area (Å²) in [6.07, 6.45) is 2.87. The summed E-state index contributed by atoms with van der Waals surface area (Å²) in [7, 11) is 0. The fourth-order valence-electron chi connectivity index (χ4n) is 3.14. The molecular weight excluding hydrogens is 326 g/mol. The van der Waals surface area contributed by atoms with E-state index in [4.69, 9.17) is 16.3 Å². The molecule has 0 aromatic heterocycles. The summed E-state index contributed by atoms with van der Waals surface area (Å²) in [5, 5.41) is 25.6. The summed E-state index contributed by atoms with van der Waals surface area (Å²) in [5.41, 5.74) is 0.618. The minimum Gasteiger partial charge on any atom is -0.442 e. The number of fused-ring (bicyclic) bond motifs is 1. The average Bonchev–Trinajstić information content (AvgIpc) is 3.01. The van der Waals surface area contributed by atoms with Crippen LogP contribution in [0.2, 0.25) is 5.02 Å². The van der Waals surface area contributed by atoms with Crippen molar-refractivity contribution < 1.29 is 4.74 Å². The van der Waals surface area contributed by atoms with E-state index in [1.54, 1.807) is 24.3 Å². The predicted molar refractivity (Wildman–Crippen MR) is 90.6 cm³/mol. The normalized spacial score (nSPS) is 22.8. The number of nitriles is 2. The minimum absolute atomic E-state index is 0.0847. The summed E-state index contributed by atoms with van der Waals surface area (Å²) in [5.74, 6) is -0.477. The molecule has 2 fully saturated rings. The van der Waals surface area contributed by atoms with Crippen molar-refractivity contribution in [2.24, 2.45) is 0 Å². The van der Waals surface area contributed by atoms with Crippen molar-refractivity contribution in [2.75, 3.05) is 25.0 Å². The first-order valence-corrected chi connectivity index (χ1v) is 8.31. The third-order valence-corrected chi connectivity index (χ3v) is 4.54. The Labute approximate surface area is 146 Å². The first-order chi connectivity index (χ1) is 11.7. The van der Waals surface area contributed by atoms with Crippen LogP contribution in [-0.2, 0) is 4.74 Å². The molecular formula is C17H18ClN5O. The molecule has 2 saturated heterocycles. The molecule has 6 nitrogen and oxygen atoms in total. The van der Waals surface area contributed by atoms with Crippen LogP contribution < -0.4 is 10.6 Å². The zero-order valence-electron chi connectivity index (χ0n) is 13.2. The van der Waals surface area contributed by atoms with Gasteiger partial charge in [0, 0.05) is 36.8 Å². The highest BCUT2D eigenvalue weighted by molar-refractivity contribution is 6.30. The molecule has 124 valence electrons. The molecule has 1 atom stereocenters. The van der Waals surface area contributed by atoms with Crippen LogP contribution in [-0.4, -0.2) is 30.4 Å². The molecule has 0 spiro atoms. The number of nitrogens with zero attached hydrogens (tertiary/aromatic N) is 3. The Hall–Kier alpha value is -2.25. The molecule has 0 bridgehead atoms. The number of nitrogens with one attached hydrogen (secondary N) is 2. The Morgan fingerprint density at radius 3 is 2.62 bits per heavy atom. The summed E-state index contributed by atoms with van der Waals surface area (Å²) < 4.78 is 6.19. The molecule has 2 aliphatic rings. The standard InChI is InChI=1S/C17H18ClN5O/c18-14-3-5-15(6-4-14)22-16(13(11-19)12-20)24-17-7-1-9-23(17)10-2-8-21-17/h3-6,21-22H,1-2,7-10H2/t17-/m1/s1. The van der Waals surface area contributed by atoms with E-state index in [9.17, 15) is 10.5 Å². The van der Waals surface area contributed by atoms with Gasteiger partial charge in [0.05, 0.1) is 0 Å². The number of ether oxygens (including phenoxy) is 1. The fraction of sp³-hybridized carbons (Fsp3) is 0.412. The summed E-state index contributed by atoms with van der Waals surface area (Å²) in [6.45, 7) is 2.73. The number of hydrogen-bond acceptors (Lipinski definition) is 6. The largest absolute Gasteiger partial charge is 0.442 e. The molecule has 0 radical (unpaired) electrons. The molecule has 2 aliphatic heterocycles. The lowest BCUT2D eigenvalue weighted by molar-refractivity contribution is -0.141. The van der Waals surface area contributed by atoms with Crippen LogP contribution in [0.5, 0.6) is 0 Å². The van der Waals surface area contributed by atoms with Gasteiger partial charge < -0.3 is 10.1 Å². The van der Waals surface area contributed by atoms with E-state index < -0.39 is 5.85 Å². The summed E-state index contributed by atoms with van der Waals surface area (Å²) in [4.78, 5) is 2.23. The molecule has 0 unspecified atom stereocenters. The van der Waals surface area contributed by atoms with Crippen LogP contribution in [0.15, 0.2) is 35.7 Å². The van der Waals surface area contributed by atoms with Crippen molar-refractivity contribution in [3.63, 3.8) is 0 Å². The first kappa shape index (κ1) is 16.6. The van der Waals surface area contributed by atoms with Gasteiger partial charge in [0.25, 0.3) is 0 Å². The van der Waals surface area contributed by atoms with Crippen molar-refractivity contribution in [1.82, 2.24) is 10.2 Å². The maximum atomic E-state index is 9.28. The van der Waals surface area contributed by atoms with Crippen LogP contribution in [0.3, 0.4) is 0 Å². The lowest BCUT2D eigenvalue weighted by Crippen LogP contribution is -2.61. The van der Waals surface area contributed by atoms with Crippen LogP contribution in [0.25, 0.3) is 0 Å². The van der Waals surface area contributed by atoms with Gasteiger partial charge in [0.1, 0.15) is 12.1 Å². The predicted octanol–water partition coefficient (Wildman–Crippen LogP) is 2.77. The monoisotopic (exact) mass is 343 g/mol. The third-order valence-electron chi connectivity index (χ3n) is 4.28. The molecule has 0 amide bonds. The average molecular weight is 344 g/mol.